The summed E-state index contributed by atoms with van der Waals surface area (Å²) in [5, 5.41) is 0. The van der Waals surface area contributed by atoms with Crippen LogP contribution >= 0.6 is 0 Å². The first-order valence-electron chi connectivity index (χ1n) is 7.08. The number of hydrogen-bond acceptors (Lipinski definition) is 3. The van der Waals surface area contributed by atoms with Crippen molar-refractivity contribution in [1.29, 1.82) is 0 Å². The Bertz CT molecular complexity index is 503. The quantitative estimate of drug-likeness (QED) is 0.849. The summed E-state index contributed by atoms with van der Waals surface area (Å²) in [5.41, 5.74) is 0. The molecule has 2 aromatic heterocycles. The van der Waals surface area contributed by atoms with Crippen LogP contribution in [0, 0.1) is 0 Å². The van der Waals surface area contributed by atoms with E-state index in [0.29, 0.717) is 6.04 Å². The van der Waals surface area contributed by atoms with Crippen LogP contribution in [0.4, 0.5) is 0 Å². The van der Waals surface area contributed by atoms with Crippen LogP contribution in [0.2, 0.25) is 0 Å². The molecule has 0 bridgehead atoms. The third kappa shape index (κ3) is 2.73. The number of aryl methyl sites for hydroxylation is 1. The molecule has 4 heteroatoms. The second-order valence-electron chi connectivity index (χ2n) is 5.31. The lowest BCUT2D eigenvalue weighted by Crippen LogP contribution is -2.29. The first-order chi connectivity index (χ1) is 9.34. The molecule has 0 amide bonds. The van der Waals surface area contributed by atoms with Crippen LogP contribution in [-0.2, 0) is 13.6 Å². The third-order valence-electron chi connectivity index (χ3n) is 4.00. The molecule has 1 saturated heterocycles. The molecule has 2 aromatic rings. The zero-order valence-corrected chi connectivity index (χ0v) is 11.5. The second kappa shape index (κ2) is 5.61. The fraction of sp³-hybridized carbons (Fsp3) is 0.533. The number of nitrogens with zero attached hydrogens (tertiary/aromatic N) is 3. The van der Waals surface area contributed by atoms with Gasteiger partial charge in [-0.15, -0.1) is 0 Å². The molecule has 0 N–H and O–H groups in total. The number of hydrogen-bond donors (Lipinski definition) is 0. The molecule has 1 aliphatic rings. The minimum Gasteiger partial charge on any atom is -0.468 e. The summed E-state index contributed by atoms with van der Waals surface area (Å²) in [6, 6.07) is 4.48. The van der Waals surface area contributed by atoms with Crippen molar-refractivity contribution in [3.63, 3.8) is 0 Å². The monoisotopic (exact) mass is 259 g/mol. The highest BCUT2D eigenvalue weighted by atomic mass is 16.3. The topological polar surface area (TPSA) is 34.2 Å². The van der Waals surface area contributed by atoms with E-state index in [1.165, 1.54) is 25.7 Å². The summed E-state index contributed by atoms with van der Waals surface area (Å²) in [7, 11) is 2.06. The average molecular weight is 259 g/mol. The molecule has 0 unspecified atom stereocenters. The van der Waals surface area contributed by atoms with E-state index < -0.39 is 0 Å². The van der Waals surface area contributed by atoms with Crippen LogP contribution in [0.1, 0.15) is 43.3 Å². The summed E-state index contributed by atoms with van der Waals surface area (Å²) in [6.07, 6.45) is 10.7. The van der Waals surface area contributed by atoms with E-state index >= 15 is 0 Å². The van der Waals surface area contributed by atoms with Crippen LogP contribution in [0.25, 0.3) is 0 Å². The number of aromatic nitrogens is 2. The normalized spacial score (nSPS) is 21.4. The maximum absolute atomic E-state index is 5.64. The molecule has 0 saturated carbocycles. The Kier molecular flexibility index (Phi) is 3.69. The van der Waals surface area contributed by atoms with Gasteiger partial charge < -0.3 is 8.98 Å². The first kappa shape index (κ1) is 12.5. The molecule has 0 aromatic carbocycles. The predicted molar refractivity (Wildman–Crippen MR) is 73.5 cm³/mol. The minimum absolute atomic E-state index is 0.397. The smallest absolute Gasteiger partial charge is 0.122 e. The van der Waals surface area contributed by atoms with E-state index in [2.05, 4.69) is 27.6 Å². The molecule has 19 heavy (non-hydrogen) atoms. The Labute approximate surface area is 114 Å². The molecule has 4 nitrogen and oxygen atoms in total. The standard InChI is InChI=1S/C15H21N3O/c1-17-10-8-16-15(17)12-18-9-4-2-3-6-13(18)14-7-5-11-19-14/h5,7-8,10-11,13H,2-4,6,9,12H2,1H3/t13-/m1/s1. The lowest BCUT2D eigenvalue weighted by atomic mass is 10.1. The van der Waals surface area contributed by atoms with Crippen molar-refractivity contribution in [2.24, 2.45) is 7.05 Å². The molecular formula is C15H21N3O. The predicted octanol–water partition coefficient (Wildman–Crippen LogP) is 3.13. The molecule has 1 atom stereocenters. The van der Waals surface area contributed by atoms with Crippen molar-refractivity contribution >= 4 is 0 Å². The third-order valence-corrected chi connectivity index (χ3v) is 4.00. The van der Waals surface area contributed by atoms with Gasteiger partial charge in [-0.05, 0) is 31.5 Å². The second-order valence-corrected chi connectivity index (χ2v) is 5.31. The highest BCUT2D eigenvalue weighted by molar-refractivity contribution is 5.06. The van der Waals surface area contributed by atoms with Crippen LogP contribution < -0.4 is 0 Å². The summed E-state index contributed by atoms with van der Waals surface area (Å²) in [6.45, 7) is 2.02. The Morgan fingerprint density at radius 2 is 2.32 bits per heavy atom. The molecular weight excluding hydrogens is 238 g/mol. The fourth-order valence-corrected chi connectivity index (χ4v) is 2.89. The number of imidazole rings is 1. The molecule has 102 valence electrons. The van der Waals surface area contributed by atoms with Gasteiger partial charge in [-0.25, -0.2) is 4.98 Å². The van der Waals surface area contributed by atoms with Gasteiger partial charge in [-0.1, -0.05) is 12.8 Å². The van der Waals surface area contributed by atoms with E-state index in [1.807, 2.05) is 18.5 Å². The molecule has 3 rings (SSSR count). The molecule has 3 heterocycles. The van der Waals surface area contributed by atoms with Crippen LogP contribution in [0.3, 0.4) is 0 Å². The zero-order valence-electron chi connectivity index (χ0n) is 11.5. The Morgan fingerprint density at radius 3 is 3.05 bits per heavy atom. The Balaban J connectivity index is 1.81. The molecule has 0 spiro atoms. The Morgan fingerprint density at radius 1 is 1.37 bits per heavy atom. The maximum atomic E-state index is 5.64. The van der Waals surface area contributed by atoms with Gasteiger partial charge in [0.05, 0.1) is 18.8 Å². The van der Waals surface area contributed by atoms with Crippen LogP contribution in [0.5, 0.6) is 0 Å². The van der Waals surface area contributed by atoms with E-state index in [1.54, 1.807) is 6.26 Å². The molecule has 0 radical (unpaired) electrons. The van der Waals surface area contributed by atoms with Gasteiger partial charge in [0.25, 0.3) is 0 Å². The van der Waals surface area contributed by atoms with Gasteiger partial charge in [-0.3, -0.25) is 4.90 Å². The number of likely N-dealkylation sites (tertiary alicyclic amines) is 1. The van der Waals surface area contributed by atoms with E-state index in [4.69, 9.17) is 4.42 Å². The largest absolute Gasteiger partial charge is 0.468 e. The molecule has 1 aliphatic heterocycles. The maximum Gasteiger partial charge on any atom is 0.122 e. The van der Waals surface area contributed by atoms with Crippen LogP contribution in [0.15, 0.2) is 35.2 Å². The zero-order chi connectivity index (χ0) is 13.1. The lowest BCUT2D eigenvalue weighted by molar-refractivity contribution is 0.164. The average Bonchev–Trinajstić information content (AvgIpc) is 3.00. The van der Waals surface area contributed by atoms with E-state index in [9.17, 15) is 0 Å². The summed E-state index contributed by atoms with van der Waals surface area (Å²) in [4.78, 5) is 6.96. The van der Waals surface area contributed by atoms with Gasteiger partial charge in [0, 0.05) is 19.4 Å². The highest BCUT2D eigenvalue weighted by Gasteiger charge is 2.25. The van der Waals surface area contributed by atoms with Gasteiger partial charge in [-0.2, -0.15) is 0 Å². The van der Waals surface area contributed by atoms with Crippen molar-refractivity contribution in [2.75, 3.05) is 6.54 Å². The first-order valence-corrected chi connectivity index (χ1v) is 7.08. The van der Waals surface area contributed by atoms with Crippen molar-refractivity contribution in [3.05, 3.63) is 42.4 Å². The van der Waals surface area contributed by atoms with Crippen molar-refractivity contribution in [2.45, 2.75) is 38.3 Å². The van der Waals surface area contributed by atoms with Gasteiger partial charge in [0.15, 0.2) is 0 Å². The fourth-order valence-electron chi connectivity index (χ4n) is 2.89. The van der Waals surface area contributed by atoms with Crippen molar-refractivity contribution in [1.82, 2.24) is 14.5 Å². The summed E-state index contributed by atoms with van der Waals surface area (Å²) >= 11 is 0. The van der Waals surface area contributed by atoms with Crippen molar-refractivity contribution < 1.29 is 4.42 Å². The Hall–Kier alpha value is -1.55. The van der Waals surface area contributed by atoms with Gasteiger partial charge >= 0.3 is 0 Å². The number of rotatable bonds is 3. The minimum atomic E-state index is 0.397. The van der Waals surface area contributed by atoms with Gasteiger partial charge in [0.1, 0.15) is 11.6 Å². The molecule has 0 aliphatic carbocycles. The summed E-state index contributed by atoms with van der Waals surface area (Å²) in [5.74, 6) is 2.22. The van der Waals surface area contributed by atoms with Gasteiger partial charge in [0.2, 0.25) is 0 Å². The number of furan rings is 1. The highest BCUT2D eigenvalue weighted by Crippen LogP contribution is 2.31. The SMILES string of the molecule is Cn1ccnc1CN1CCCCC[C@@H]1c1ccco1. The van der Waals surface area contributed by atoms with E-state index in [-0.39, 0.29) is 0 Å². The molecule has 1 fully saturated rings. The lowest BCUT2D eigenvalue weighted by Gasteiger charge is -2.28. The summed E-state index contributed by atoms with van der Waals surface area (Å²) < 4.78 is 7.74. The van der Waals surface area contributed by atoms with E-state index in [0.717, 1.165) is 24.7 Å². The van der Waals surface area contributed by atoms with Crippen molar-refractivity contribution in [3.8, 4) is 0 Å². The van der Waals surface area contributed by atoms with Crippen LogP contribution in [-0.4, -0.2) is 21.0 Å².